The van der Waals surface area contributed by atoms with Gasteiger partial charge in [-0.25, -0.2) is 0 Å². The fourth-order valence-electron chi connectivity index (χ4n) is 2.39. The fourth-order valence-corrected chi connectivity index (χ4v) is 2.39. The molecule has 0 aliphatic rings. The number of anilines is 1. The quantitative estimate of drug-likeness (QED) is 0.766. The minimum Gasteiger partial charge on any atom is -0.351 e. The average Bonchev–Trinajstić information content (AvgIpc) is 2.93. The largest absolute Gasteiger partial charge is 0.351 e. The predicted molar refractivity (Wildman–Crippen MR) is 82.1 cm³/mol. The molecule has 0 aliphatic heterocycles. The Kier molecular flexibility index (Phi) is 3.25. The lowest BCUT2D eigenvalue weighted by atomic mass is 10.2. The summed E-state index contributed by atoms with van der Waals surface area (Å²) in [6.45, 7) is 2.62. The van der Waals surface area contributed by atoms with Gasteiger partial charge >= 0.3 is 0 Å². The zero-order chi connectivity index (χ0) is 13.9. The van der Waals surface area contributed by atoms with Crippen LogP contribution in [0.2, 0.25) is 0 Å². The van der Waals surface area contributed by atoms with E-state index < -0.39 is 0 Å². The van der Waals surface area contributed by atoms with Gasteiger partial charge in [-0.2, -0.15) is 0 Å². The lowest BCUT2D eigenvalue weighted by Crippen LogP contribution is -2.30. The number of amides is 1. The minimum absolute atomic E-state index is 0.00472. The van der Waals surface area contributed by atoms with Crippen LogP contribution in [-0.4, -0.2) is 17.4 Å². The van der Waals surface area contributed by atoms with Gasteiger partial charge in [0.1, 0.15) is 5.69 Å². The molecule has 3 heteroatoms. The number of carbonyl (C=O) groups is 1. The minimum atomic E-state index is -0.00472. The van der Waals surface area contributed by atoms with Crippen LogP contribution in [0.1, 0.15) is 17.4 Å². The third-order valence-electron chi connectivity index (χ3n) is 3.39. The van der Waals surface area contributed by atoms with E-state index in [2.05, 4.69) is 4.98 Å². The molecule has 1 N–H and O–H groups in total. The lowest BCUT2D eigenvalue weighted by molar-refractivity contribution is 0.0984. The molecular formula is C17H16N2O. The third kappa shape index (κ3) is 2.18. The highest BCUT2D eigenvalue weighted by molar-refractivity contribution is 6.07. The first-order valence-corrected chi connectivity index (χ1v) is 6.74. The van der Waals surface area contributed by atoms with Crippen molar-refractivity contribution in [3.05, 3.63) is 66.4 Å². The smallest absolute Gasteiger partial charge is 0.274 e. The summed E-state index contributed by atoms with van der Waals surface area (Å²) < 4.78 is 0. The van der Waals surface area contributed by atoms with Crippen molar-refractivity contribution >= 4 is 22.5 Å². The maximum atomic E-state index is 12.6. The highest BCUT2D eigenvalue weighted by atomic mass is 16.2. The van der Waals surface area contributed by atoms with E-state index in [-0.39, 0.29) is 5.91 Å². The number of aromatic amines is 1. The SMILES string of the molecule is CCN(C(=O)c1cc2ccccc2[nH]1)c1ccccc1. The predicted octanol–water partition coefficient (Wildman–Crippen LogP) is 3.83. The zero-order valence-electron chi connectivity index (χ0n) is 11.3. The van der Waals surface area contributed by atoms with Gasteiger partial charge < -0.3 is 9.88 Å². The number of rotatable bonds is 3. The molecule has 3 aromatic rings. The van der Waals surface area contributed by atoms with Gasteiger partial charge in [0.2, 0.25) is 0 Å². The summed E-state index contributed by atoms with van der Waals surface area (Å²) in [4.78, 5) is 17.6. The van der Waals surface area contributed by atoms with Crippen molar-refractivity contribution < 1.29 is 4.79 Å². The molecule has 0 aliphatic carbocycles. The van der Waals surface area contributed by atoms with E-state index in [1.54, 1.807) is 4.90 Å². The molecule has 100 valence electrons. The van der Waals surface area contributed by atoms with Crippen LogP contribution in [-0.2, 0) is 0 Å². The van der Waals surface area contributed by atoms with Crippen LogP contribution in [0.5, 0.6) is 0 Å². The molecular weight excluding hydrogens is 248 g/mol. The molecule has 0 fully saturated rings. The molecule has 1 amide bonds. The van der Waals surface area contributed by atoms with Crippen molar-refractivity contribution in [2.24, 2.45) is 0 Å². The molecule has 1 aromatic heterocycles. The molecule has 1 heterocycles. The number of H-pyrrole nitrogens is 1. The number of benzene rings is 2. The van der Waals surface area contributed by atoms with Gasteiger partial charge in [0.25, 0.3) is 5.91 Å². The van der Waals surface area contributed by atoms with Gasteiger partial charge in [0.15, 0.2) is 0 Å². The Bertz CT molecular complexity index is 698. The van der Waals surface area contributed by atoms with Gasteiger partial charge in [-0.3, -0.25) is 4.79 Å². The topological polar surface area (TPSA) is 36.1 Å². The molecule has 3 nitrogen and oxygen atoms in total. The second kappa shape index (κ2) is 5.21. The number of nitrogens with one attached hydrogen (secondary N) is 1. The number of aromatic nitrogens is 1. The van der Waals surface area contributed by atoms with E-state index in [0.29, 0.717) is 12.2 Å². The van der Waals surface area contributed by atoms with Crippen LogP contribution in [0.25, 0.3) is 10.9 Å². The van der Waals surface area contributed by atoms with E-state index in [9.17, 15) is 4.79 Å². The molecule has 0 saturated heterocycles. The number of para-hydroxylation sites is 2. The Morgan fingerprint density at radius 3 is 2.45 bits per heavy atom. The maximum Gasteiger partial charge on any atom is 0.274 e. The summed E-state index contributed by atoms with van der Waals surface area (Å²) in [6, 6.07) is 19.5. The van der Waals surface area contributed by atoms with Crippen molar-refractivity contribution in [1.29, 1.82) is 0 Å². The van der Waals surface area contributed by atoms with Crippen LogP contribution in [0.4, 0.5) is 5.69 Å². The summed E-state index contributed by atoms with van der Waals surface area (Å²) in [5.74, 6) is -0.00472. The third-order valence-corrected chi connectivity index (χ3v) is 3.39. The molecule has 0 saturated carbocycles. The Balaban J connectivity index is 1.98. The molecule has 0 spiro atoms. The van der Waals surface area contributed by atoms with E-state index in [1.165, 1.54) is 0 Å². The van der Waals surface area contributed by atoms with Crippen LogP contribution in [0.3, 0.4) is 0 Å². The molecule has 0 bridgehead atoms. The number of hydrogen-bond donors (Lipinski definition) is 1. The first-order chi connectivity index (χ1) is 9.79. The molecule has 3 rings (SSSR count). The van der Waals surface area contributed by atoms with Crippen molar-refractivity contribution in [2.75, 3.05) is 11.4 Å². The van der Waals surface area contributed by atoms with E-state index in [4.69, 9.17) is 0 Å². The van der Waals surface area contributed by atoms with Gasteiger partial charge in [-0.1, -0.05) is 36.4 Å². The first kappa shape index (κ1) is 12.5. The Hall–Kier alpha value is -2.55. The molecule has 0 radical (unpaired) electrons. The maximum absolute atomic E-state index is 12.6. The summed E-state index contributed by atoms with van der Waals surface area (Å²) in [6.07, 6.45) is 0. The van der Waals surface area contributed by atoms with Crippen molar-refractivity contribution in [1.82, 2.24) is 4.98 Å². The summed E-state index contributed by atoms with van der Waals surface area (Å²) in [5, 5.41) is 1.06. The van der Waals surface area contributed by atoms with Crippen LogP contribution in [0.15, 0.2) is 60.7 Å². The van der Waals surface area contributed by atoms with Gasteiger partial charge in [-0.05, 0) is 31.2 Å². The lowest BCUT2D eigenvalue weighted by Gasteiger charge is -2.20. The van der Waals surface area contributed by atoms with Crippen LogP contribution in [0, 0.1) is 0 Å². The summed E-state index contributed by atoms with van der Waals surface area (Å²) in [7, 11) is 0. The Labute approximate surface area is 117 Å². The van der Waals surface area contributed by atoms with Gasteiger partial charge in [0.05, 0.1) is 0 Å². The van der Waals surface area contributed by atoms with E-state index in [0.717, 1.165) is 16.6 Å². The molecule has 2 aromatic carbocycles. The highest BCUT2D eigenvalue weighted by Crippen LogP contribution is 2.19. The Morgan fingerprint density at radius 2 is 1.75 bits per heavy atom. The standard InChI is InChI=1S/C17H16N2O/c1-2-19(14-9-4-3-5-10-14)17(20)16-12-13-8-6-7-11-15(13)18-16/h3-12,18H,2H2,1H3. The first-order valence-electron chi connectivity index (χ1n) is 6.74. The van der Waals surface area contributed by atoms with Gasteiger partial charge in [0, 0.05) is 23.1 Å². The van der Waals surface area contributed by atoms with Crippen molar-refractivity contribution in [3.8, 4) is 0 Å². The average molecular weight is 264 g/mol. The molecule has 0 atom stereocenters. The Morgan fingerprint density at radius 1 is 1.05 bits per heavy atom. The number of nitrogens with zero attached hydrogens (tertiary/aromatic N) is 1. The second-order valence-corrected chi connectivity index (χ2v) is 4.66. The van der Waals surface area contributed by atoms with E-state index in [1.807, 2.05) is 67.6 Å². The van der Waals surface area contributed by atoms with Crippen molar-refractivity contribution in [2.45, 2.75) is 6.92 Å². The summed E-state index contributed by atoms with van der Waals surface area (Å²) >= 11 is 0. The highest BCUT2D eigenvalue weighted by Gasteiger charge is 2.17. The van der Waals surface area contributed by atoms with Crippen molar-refractivity contribution in [3.63, 3.8) is 0 Å². The normalized spacial score (nSPS) is 10.7. The monoisotopic (exact) mass is 264 g/mol. The number of hydrogen-bond acceptors (Lipinski definition) is 1. The molecule has 0 unspecified atom stereocenters. The number of fused-ring (bicyclic) bond motifs is 1. The summed E-state index contributed by atoms with van der Waals surface area (Å²) in [5.41, 5.74) is 2.52. The van der Waals surface area contributed by atoms with E-state index >= 15 is 0 Å². The van der Waals surface area contributed by atoms with Gasteiger partial charge in [-0.15, -0.1) is 0 Å². The molecule has 20 heavy (non-hydrogen) atoms. The van der Waals surface area contributed by atoms with Crippen LogP contribution >= 0.6 is 0 Å². The number of carbonyl (C=O) groups excluding carboxylic acids is 1. The zero-order valence-corrected chi connectivity index (χ0v) is 11.3. The second-order valence-electron chi connectivity index (χ2n) is 4.66. The van der Waals surface area contributed by atoms with Crippen LogP contribution < -0.4 is 4.90 Å². The fraction of sp³-hybridized carbons (Fsp3) is 0.118.